The molecular formula is C32H34ClN3OS. The third-order valence-corrected chi connectivity index (χ3v) is 8.27. The number of aromatic nitrogens is 1. The van der Waals surface area contributed by atoms with E-state index in [-0.39, 0.29) is 5.91 Å². The van der Waals surface area contributed by atoms with E-state index in [0.29, 0.717) is 18.2 Å². The van der Waals surface area contributed by atoms with Crippen molar-refractivity contribution in [1.29, 1.82) is 0 Å². The molecule has 0 radical (unpaired) electrons. The van der Waals surface area contributed by atoms with Gasteiger partial charge >= 0.3 is 0 Å². The summed E-state index contributed by atoms with van der Waals surface area (Å²) in [5.41, 5.74) is 4.41. The van der Waals surface area contributed by atoms with Gasteiger partial charge in [-0.15, -0.1) is 11.3 Å². The highest BCUT2D eigenvalue weighted by Gasteiger charge is 2.22. The van der Waals surface area contributed by atoms with E-state index in [0.717, 1.165) is 55.5 Å². The van der Waals surface area contributed by atoms with Gasteiger partial charge in [-0.1, -0.05) is 84.4 Å². The molecule has 0 bridgehead atoms. The van der Waals surface area contributed by atoms with Crippen molar-refractivity contribution in [2.75, 3.05) is 19.6 Å². The topological polar surface area (TPSA) is 36.4 Å². The molecule has 6 heteroatoms. The summed E-state index contributed by atoms with van der Waals surface area (Å²) in [6, 6.07) is 29.6. The Bertz CT molecular complexity index is 1270. The molecule has 4 aromatic rings. The number of carbonyl (C=O) groups excluding carboxylic acids is 1. The number of benzene rings is 3. The molecular weight excluding hydrogens is 510 g/mol. The first-order chi connectivity index (χ1) is 18.7. The summed E-state index contributed by atoms with van der Waals surface area (Å²) in [5.74, 6) is 0.369. The van der Waals surface area contributed by atoms with E-state index in [1.165, 1.54) is 23.1 Å². The van der Waals surface area contributed by atoms with Gasteiger partial charge in [-0.3, -0.25) is 9.69 Å². The number of nitrogens with zero attached hydrogens (tertiary/aromatic N) is 3. The van der Waals surface area contributed by atoms with E-state index in [9.17, 15) is 4.79 Å². The van der Waals surface area contributed by atoms with Crippen LogP contribution < -0.4 is 0 Å². The smallest absolute Gasteiger partial charge is 0.273 e. The maximum Gasteiger partial charge on any atom is 0.273 e. The van der Waals surface area contributed by atoms with Crippen molar-refractivity contribution in [3.63, 3.8) is 0 Å². The van der Waals surface area contributed by atoms with Crippen molar-refractivity contribution in [3.8, 4) is 0 Å². The van der Waals surface area contributed by atoms with Gasteiger partial charge in [-0.2, -0.15) is 0 Å². The van der Waals surface area contributed by atoms with Crippen LogP contribution in [0.25, 0.3) is 0 Å². The molecule has 0 aliphatic carbocycles. The fourth-order valence-corrected chi connectivity index (χ4v) is 6.27. The van der Waals surface area contributed by atoms with Crippen LogP contribution in [-0.2, 0) is 13.1 Å². The lowest BCUT2D eigenvalue weighted by Crippen LogP contribution is -2.35. The Labute approximate surface area is 234 Å². The SMILES string of the molecule is O=C(c1csc(CN(CCC(c2ccccc2)c2ccccc2)Cc2cccc(Cl)c2)n1)N1CCCCC1. The van der Waals surface area contributed by atoms with Gasteiger partial charge in [0.2, 0.25) is 0 Å². The Morgan fingerprint density at radius 1 is 0.895 bits per heavy atom. The second-order valence-corrected chi connectivity index (χ2v) is 11.4. The second-order valence-electron chi connectivity index (χ2n) is 9.98. The zero-order valence-corrected chi connectivity index (χ0v) is 23.2. The highest BCUT2D eigenvalue weighted by molar-refractivity contribution is 7.09. The minimum atomic E-state index is 0.0711. The highest BCUT2D eigenvalue weighted by Crippen LogP contribution is 2.29. The van der Waals surface area contributed by atoms with E-state index >= 15 is 0 Å². The molecule has 5 rings (SSSR count). The third-order valence-electron chi connectivity index (χ3n) is 7.21. The first kappa shape index (κ1) is 26.6. The molecule has 1 saturated heterocycles. The molecule has 0 saturated carbocycles. The van der Waals surface area contributed by atoms with Crippen molar-refractivity contribution in [2.45, 2.75) is 44.7 Å². The maximum atomic E-state index is 13.0. The lowest BCUT2D eigenvalue weighted by atomic mass is 9.88. The Hall–Kier alpha value is -2.99. The van der Waals surface area contributed by atoms with Gasteiger partial charge in [-0.05, 0) is 61.1 Å². The Kier molecular flexibility index (Phi) is 9.24. The van der Waals surface area contributed by atoms with Gasteiger partial charge in [0.05, 0.1) is 6.54 Å². The molecule has 1 amide bonds. The summed E-state index contributed by atoms with van der Waals surface area (Å²) >= 11 is 7.90. The minimum Gasteiger partial charge on any atom is -0.337 e. The number of hydrogen-bond acceptors (Lipinski definition) is 4. The molecule has 0 unspecified atom stereocenters. The van der Waals surface area contributed by atoms with E-state index in [1.54, 1.807) is 11.3 Å². The molecule has 38 heavy (non-hydrogen) atoms. The summed E-state index contributed by atoms with van der Waals surface area (Å²) in [4.78, 5) is 22.2. The van der Waals surface area contributed by atoms with Crippen LogP contribution in [0.1, 0.15) is 63.8 Å². The number of hydrogen-bond donors (Lipinski definition) is 0. The Balaban J connectivity index is 1.34. The summed E-state index contributed by atoms with van der Waals surface area (Å²) in [7, 11) is 0. The second kappa shape index (κ2) is 13.2. The standard InChI is InChI=1S/C32H34ClN3OS/c33-28-16-10-11-25(21-28)22-35(23-31-34-30(24-38-31)32(37)36-18-8-3-9-19-36)20-17-29(26-12-4-1-5-13-26)27-14-6-2-7-15-27/h1-2,4-7,10-16,21,24,29H,3,8-9,17-20,22-23H2. The van der Waals surface area contributed by atoms with E-state index in [1.807, 2.05) is 28.5 Å². The fourth-order valence-electron chi connectivity index (χ4n) is 5.25. The fraction of sp³-hybridized carbons (Fsp3) is 0.312. The van der Waals surface area contributed by atoms with Gasteiger partial charge in [0.1, 0.15) is 10.7 Å². The summed E-state index contributed by atoms with van der Waals surface area (Å²) in [6.45, 7) is 4.03. The third kappa shape index (κ3) is 7.10. The van der Waals surface area contributed by atoms with Gasteiger partial charge in [-0.25, -0.2) is 4.98 Å². The van der Waals surface area contributed by atoms with Crippen molar-refractivity contribution in [2.24, 2.45) is 0 Å². The molecule has 1 fully saturated rings. The average Bonchev–Trinajstić information content (AvgIpc) is 3.43. The molecule has 1 aliphatic heterocycles. The van der Waals surface area contributed by atoms with Gasteiger partial charge < -0.3 is 4.90 Å². The number of carbonyl (C=O) groups is 1. The lowest BCUT2D eigenvalue weighted by molar-refractivity contribution is 0.0718. The monoisotopic (exact) mass is 543 g/mol. The molecule has 196 valence electrons. The van der Waals surface area contributed by atoms with Crippen molar-refractivity contribution < 1.29 is 4.79 Å². The van der Waals surface area contributed by atoms with Crippen LogP contribution in [0, 0.1) is 0 Å². The van der Waals surface area contributed by atoms with E-state index in [2.05, 4.69) is 71.6 Å². The first-order valence-corrected chi connectivity index (χ1v) is 14.7. The Morgan fingerprint density at radius 2 is 1.58 bits per heavy atom. The van der Waals surface area contributed by atoms with Crippen molar-refractivity contribution >= 4 is 28.8 Å². The van der Waals surface area contributed by atoms with Crippen LogP contribution in [0.4, 0.5) is 0 Å². The quantitative estimate of drug-likeness (QED) is 0.206. The summed E-state index contributed by atoms with van der Waals surface area (Å²) in [5, 5.41) is 3.65. The Morgan fingerprint density at radius 3 is 2.24 bits per heavy atom. The molecule has 3 aromatic carbocycles. The maximum absolute atomic E-state index is 13.0. The van der Waals surface area contributed by atoms with Crippen LogP contribution in [-0.4, -0.2) is 40.3 Å². The molecule has 4 nitrogen and oxygen atoms in total. The van der Waals surface area contributed by atoms with E-state index < -0.39 is 0 Å². The number of halogens is 1. The van der Waals surface area contributed by atoms with Gasteiger partial charge in [0.15, 0.2) is 0 Å². The molecule has 0 N–H and O–H groups in total. The van der Waals surface area contributed by atoms with Crippen LogP contribution in [0.3, 0.4) is 0 Å². The molecule has 1 aliphatic rings. The predicted octanol–water partition coefficient (Wildman–Crippen LogP) is 7.65. The van der Waals surface area contributed by atoms with Crippen molar-refractivity contribution in [3.05, 3.63) is 123 Å². The minimum absolute atomic E-state index is 0.0711. The first-order valence-electron chi connectivity index (χ1n) is 13.5. The molecule has 0 atom stereocenters. The normalized spacial score (nSPS) is 13.8. The number of amides is 1. The number of thiazole rings is 1. The summed E-state index contributed by atoms with van der Waals surface area (Å²) < 4.78 is 0. The lowest BCUT2D eigenvalue weighted by Gasteiger charge is -2.26. The number of likely N-dealkylation sites (tertiary alicyclic amines) is 1. The molecule has 0 spiro atoms. The molecule has 2 heterocycles. The van der Waals surface area contributed by atoms with Crippen LogP contribution >= 0.6 is 22.9 Å². The van der Waals surface area contributed by atoms with Crippen molar-refractivity contribution in [1.82, 2.24) is 14.8 Å². The number of rotatable bonds is 10. The van der Waals surface area contributed by atoms with E-state index in [4.69, 9.17) is 16.6 Å². The molecule has 1 aromatic heterocycles. The van der Waals surface area contributed by atoms with Crippen LogP contribution in [0.2, 0.25) is 5.02 Å². The highest BCUT2D eigenvalue weighted by atomic mass is 35.5. The zero-order chi connectivity index (χ0) is 26.2. The van der Waals surface area contributed by atoms with Crippen LogP contribution in [0.15, 0.2) is 90.3 Å². The summed E-state index contributed by atoms with van der Waals surface area (Å²) in [6.07, 6.45) is 4.34. The van der Waals surface area contributed by atoms with Gasteiger partial charge in [0, 0.05) is 36.0 Å². The largest absolute Gasteiger partial charge is 0.337 e. The zero-order valence-electron chi connectivity index (χ0n) is 21.6. The van der Waals surface area contributed by atoms with Crippen LogP contribution in [0.5, 0.6) is 0 Å². The average molecular weight is 544 g/mol. The predicted molar refractivity (Wildman–Crippen MR) is 157 cm³/mol. The number of piperidine rings is 1. The van der Waals surface area contributed by atoms with Gasteiger partial charge in [0.25, 0.3) is 5.91 Å².